The SMILES string of the molecule is CCCCCCCCOc1ccc(NC(=O)CCC)c(N)c1O. The van der Waals surface area contributed by atoms with E-state index in [9.17, 15) is 9.90 Å². The summed E-state index contributed by atoms with van der Waals surface area (Å²) in [4.78, 5) is 11.6. The molecule has 23 heavy (non-hydrogen) atoms. The maximum atomic E-state index is 11.6. The molecule has 0 aromatic heterocycles. The Balaban J connectivity index is 2.45. The molecule has 0 aliphatic heterocycles. The van der Waals surface area contributed by atoms with Gasteiger partial charge in [-0.05, 0) is 25.0 Å². The number of phenols is 1. The molecule has 0 saturated heterocycles. The highest BCUT2D eigenvalue weighted by Gasteiger charge is 2.12. The number of carbonyl (C=O) groups excluding carboxylic acids is 1. The lowest BCUT2D eigenvalue weighted by molar-refractivity contribution is -0.116. The fourth-order valence-corrected chi connectivity index (χ4v) is 2.32. The van der Waals surface area contributed by atoms with Gasteiger partial charge in [-0.15, -0.1) is 0 Å². The first-order valence-electron chi connectivity index (χ1n) is 8.64. The van der Waals surface area contributed by atoms with Crippen molar-refractivity contribution in [3.05, 3.63) is 12.1 Å². The standard InChI is InChI=1S/C18H30N2O3/c1-3-5-6-7-8-9-13-23-15-12-11-14(17(19)18(15)22)20-16(21)10-4-2/h11-12,22H,3-10,13,19H2,1-2H3,(H,20,21). The van der Waals surface area contributed by atoms with Crippen LogP contribution in [0.5, 0.6) is 11.5 Å². The molecular weight excluding hydrogens is 292 g/mol. The molecule has 1 rings (SSSR count). The lowest BCUT2D eigenvalue weighted by Gasteiger charge is -2.13. The van der Waals surface area contributed by atoms with Crippen LogP contribution >= 0.6 is 0 Å². The van der Waals surface area contributed by atoms with Crippen LogP contribution in [0.2, 0.25) is 0 Å². The van der Waals surface area contributed by atoms with Crippen LogP contribution in [0.4, 0.5) is 11.4 Å². The highest BCUT2D eigenvalue weighted by molar-refractivity contribution is 5.95. The van der Waals surface area contributed by atoms with Crippen molar-refractivity contribution in [2.24, 2.45) is 0 Å². The summed E-state index contributed by atoms with van der Waals surface area (Å²) in [6.45, 7) is 4.69. The van der Waals surface area contributed by atoms with Crippen molar-refractivity contribution in [3.63, 3.8) is 0 Å². The van der Waals surface area contributed by atoms with Gasteiger partial charge in [0.1, 0.15) is 5.69 Å². The van der Waals surface area contributed by atoms with E-state index < -0.39 is 0 Å². The number of benzene rings is 1. The monoisotopic (exact) mass is 322 g/mol. The minimum atomic E-state index is -0.112. The average Bonchev–Trinajstić information content (AvgIpc) is 2.53. The summed E-state index contributed by atoms with van der Waals surface area (Å²) < 4.78 is 5.59. The quantitative estimate of drug-likeness (QED) is 0.319. The number of hydrogen-bond acceptors (Lipinski definition) is 4. The molecule has 0 aliphatic carbocycles. The van der Waals surface area contributed by atoms with Crippen LogP contribution in [-0.4, -0.2) is 17.6 Å². The van der Waals surface area contributed by atoms with Crippen molar-refractivity contribution >= 4 is 17.3 Å². The van der Waals surface area contributed by atoms with Crippen molar-refractivity contribution in [1.29, 1.82) is 0 Å². The summed E-state index contributed by atoms with van der Waals surface area (Å²) >= 11 is 0. The van der Waals surface area contributed by atoms with Gasteiger partial charge in [0, 0.05) is 6.42 Å². The molecule has 0 fully saturated rings. The van der Waals surface area contributed by atoms with Crippen molar-refractivity contribution in [3.8, 4) is 11.5 Å². The van der Waals surface area contributed by atoms with Crippen LogP contribution in [0.15, 0.2) is 12.1 Å². The Bertz CT molecular complexity index is 489. The topological polar surface area (TPSA) is 84.6 Å². The predicted molar refractivity (Wildman–Crippen MR) is 94.9 cm³/mol. The molecule has 1 amide bonds. The first-order valence-corrected chi connectivity index (χ1v) is 8.64. The molecule has 5 heteroatoms. The smallest absolute Gasteiger partial charge is 0.224 e. The van der Waals surface area contributed by atoms with Gasteiger partial charge in [-0.25, -0.2) is 0 Å². The van der Waals surface area contributed by atoms with Gasteiger partial charge in [0.05, 0.1) is 12.3 Å². The Morgan fingerprint density at radius 2 is 1.83 bits per heavy atom. The van der Waals surface area contributed by atoms with E-state index in [2.05, 4.69) is 12.2 Å². The zero-order valence-corrected chi connectivity index (χ0v) is 14.4. The van der Waals surface area contributed by atoms with Crippen LogP contribution in [0.1, 0.15) is 65.2 Å². The van der Waals surface area contributed by atoms with Gasteiger partial charge in [-0.1, -0.05) is 46.0 Å². The van der Waals surface area contributed by atoms with E-state index in [0.29, 0.717) is 24.5 Å². The molecule has 5 nitrogen and oxygen atoms in total. The first kappa shape index (κ1) is 19.1. The molecule has 1 aromatic rings. The van der Waals surface area contributed by atoms with E-state index in [0.717, 1.165) is 19.3 Å². The predicted octanol–water partition coefficient (Wildman–Crippen LogP) is 4.45. The summed E-state index contributed by atoms with van der Waals surface area (Å²) in [6, 6.07) is 3.31. The summed E-state index contributed by atoms with van der Waals surface area (Å²) in [6.07, 6.45) is 8.27. The van der Waals surface area contributed by atoms with Gasteiger partial charge in [-0.3, -0.25) is 4.79 Å². The third kappa shape index (κ3) is 6.80. The summed E-state index contributed by atoms with van der Waals surface area (Å²) in [5.74, 6) is 0.147. The third-order valence-corrected chi connectivity index (χ3v) is 3.69. The van der Waals surface area contributed by atoms with Gasteiger partial charge in [0.2, 0.25) is 5.91 Å². The molecule has 1 aromatic carbocycles. The molecule has 0 heterocycles. The fraction of sp³-hybridized carbons (Fsp3) is 0.611. The number of anilines is 2. The van der Waals surface area contributed by atoms with E-state index in [1.54, 1.807) is 12.1 Å². The molecule has 0 spiro atoms. The van der Waals surface area contributed by atoms with Crippen LogP contribution in [0.25, 0.3) is 0 Å². The normalized spacial score (nSPS) is 10.5. The Hall–Kier alpha value is -1.91. The number of unbranched alkanes of at least 4 members (excludes halogenated alkanes) is 5. The van der Waals surface area contributed by atoms with Gasteiger partial charge < -0.3 is 20.9 Å². The number of aromatic hydroxyl groups is 1. The van der Waals surface area contributed by atoms with Gasteiger partial charge in [0.15, 0.2) is 11.5 Å². The Kier molecular flexibility index (Phi) is 8.95. The van der Waals surface area contributed by atoms with Crippen molar-refractivity contribution in [1.82, 2.24) is 0 Å². The Labute approximate surface area is 139 Å². The number of carbonyl (C=O) groups is 1. The van der Waals surface area contributed by atoms with Crippen molar-refractivity contribution < 1.29 is 14.6 Å². The van der Waals surface area contributed by atoms with Gasteiger partial charge in [-0.2, -0.15) is 0 Å². The number of rotatable bonds is 11. The maximum absolute atomic E-state index is 11.6. The largest absolute Gasteiger partial charge is 0.503 e. The molecule has 0 saturated carbocycles. The lowest BCUT2D eigenvalue weighted by Crippen LogP contribution is -2.12. The molecule has 0 radical (unpaired) electrons. The van der Waals surface area contributed by atoms with E-state index in [-0.39, 0.29) is 17.3 Å². The van der Waals surface area contributed by atoms with Crippen LogP contribution < -0.4 is 15.8 Å². The summed E-state index contributed by atoms with van der Waals surface area (Å²) in [7, 11) is 0. The second kappa shape index (κ2) is 10.8. The highest BCUT2D eigenvalue weighted by atomic mass is 16.5. The van der Waals surface area contributed by atoms with Crippen LogP contribution in [0, 0.1) is 0 Å². The van der Waals surface area contributed by atoms with Crippen molar-refractivity contribution in [2.45, 2.75) is 65.2 Å². The third-order valence-electron chi connectivity index (χ3n) is 3.69. The molecule has 0 bridgehead atoms. The lowest BCUT2D eigenvalue weighted by atomic mass is 10.1. The average molecular weight is 322 g/mol. The number of nitrogen functional groups attached to an aromatic ring is 1. The number of ether oxygens (including phenoxy) is 1. The van der Waals surface area contributed by atoms with E-state index in [1.165, 1.54) is 25.7 Å². The van der Waals surface area contributed by atoms with E-state index in [1.807, 2.05) is 6.92 Å². The highest BCUT2D eigenvalue weighted by Crippen LogP contribution is 2.37. The zero-order valence-electron chi connectivity index (χ0n) is 14.4. The zero-order chi connectivity index (χ0) is 17.1. The maximum Gasteiger partial charge on any atom is 0.224 e. The second-order valence-corrected chi connectivity index (χ2v) is 5.79. The first-order chi connectivity index (χ1) is 11.1. The molecular formula is C18H30N2O3. The second-order valence-electron chi connectivity index (χ2n) is 5.79. The summed E-state index contributed by atoms with van der Waals surface area (Å²) in [5, 5.41) is 12.8. The molecule has 0 atom stereocenters. The number of amides is 1. The number of nitrogens with two attached hydrogens (primary N) is 1. The molecule has 4 N–H and O–H groups in total. The van der Waals surface area contributed by atoms with Gasteiger partial charge in [0.25, 0.3) is 0 Å². The number of phenolic OH excluding ortho intramolecular Hbond substituents is 1. The molecule has 0 unspecified atom stereocenters. The number of hydrogen-bond donors (Lipinski definition) is 3. The Morgan fingerprint density at radius 1 is 1.13 bits per heavy atom. The van der Waals surface area contributed by atoms with Crippen LogP contribution in [0.3, 0.4) is 0 Å². The Morgan fingerprint density at radius 3 is 2.52 bits per heavy atom. The van der Waals surface area contributed by atoms with Crippen LogP contribution in [-0.2, 0) is 4.79 Å². The minimum Gasteiger partial charge on any atom is -0.503 e. The van der Waals surface area contributed by atoms with E-state index in [4.69, 9.17) is 10.5 Å². The van der Waals surface area contributed by atoms with E-state index >= 15 is 0 Å². The molecule has 130 valence electrons. The van der Waals surface area contributed by atoms with Gasteiger partial charge >= 0.3 is 0 Å². The minimum absolute atomic E-state index is 0.106. The number of nitrogens with one attached hydrogen (secondary N) is 1. The fourth-order valence-electron chi connectivity index (χ4n) is 2.32. The summed E-state index contributed by atoms with van der Waals surface area (Å²) in [5.41, 5.74) is 6.44. The van der Waals surface area contributed by atoms with Crippen molar-refractivity contribution in [2.75, 3.05) is 17.7 Å². The molecule has 0 aliphatic rings.